The number of nitrogens with one attached hydrogen (secondary N) is 2. The molecule has 0 saturated carbocycles. The quantitative estimate of drug-likeness (QED) is 0.866. The molecule has 1 aromatic carbocycles. The van der Waals surface area contributed by atoms with E-state index < -0.39 is 18.6 Å². The second kappa shape index (κ2) is 6.91. The third-order valence-corrected chi connectivity index (χ3v) is 3.15. The summed E-state index contributed by atoms with van der Waals surface area (Å²) in [6.07, 6.45) is -4.39. The maximum Gasteiger partial charge on any atom is 0.405 e. The molecule has 0 aliphatic heterocycles. The van der Waals surface area contributed by atoms with Crippen LogP contribution in [0.15, 0.2) is 28.7 Å². The number of carbonyl (C=O) groups is 1. The van der Waals surface area contributed by atoms with Crippen molar-refractivity contribution in [2.45, 2.75) is 19.1 Å². The molecule has 0 aromatic heterocycles. The summed E-state index contributed by atoms with van der Waals surface area (Å²) in [5, 5.41) is 4.67. The maximum atomic E-state index is 11.9. The monoisotopic (exact) mass is 338 g/mol. The highest BCUT2D eigenvalue weighted by Gasteiger charge is 2.27. The summed E-state index contributed by atoms with van der Waals surface area (Å²) < 4.78 is 36.6. The van der Waals surface area contributed by atoms with Crippen molar-refractivity contribution in [3.05, 3.63) is 34.3 Å². The lowest BCUT2D eigenvalue weighted by molar-refractivity contribution is -0.137. The van der Waals surface area contributed by atoms with Crippen LogP contribution in [-0.2, 0) is 4.79 Å². The molecule has 3 nitrogen and oxygen atoms in total. The highest BCUT2D eigenvalue weighted by Crippen LogP contribution is 2.22. The average Bonchev–Trinajstić information content (AvgIpc) is 2.33. The molecule has 0 spiro atoms. The molecule has 7 heteroatoms. The summed E-state index contributed by atoms with van der Waals surface area (Å²) in [6.45, 7) is 0.354. The molecule has 0 bridgehead atoms. The van der Waals surface area contributed by atoms with E-state index in [0.717, 1.165) is 10.0 Å². The van der Waals surface area contributed by atoms with E-state index in [9.17, 15) is 18.0 Å². The second-order valence-corrected chi connectivity index (χ2v) is 4.87. The number of hydrogen-bond donors (Lipinski definition) is 2. The van der Waals surface area contributed by atoms with E-state index >= 15 is 0 Å². The van der Waals surface area contributed by atoms with Gasteiger partial charge in [0.2, 0.25) is 5.91 Å². The lowest BCUT2D eigenvalue weighted by Crippen LogP contribution is -2.39. The molecule has 0 fully saturated rings. The smallest absolute Gasteiger partial charge is 0.346 e. The molecule has 0 radical (unpaired) electrons. The van der Waals surface area contributed by atoms with Gasteiger partial charge in [-0.25, -0.2) is 0 Å². The van der Waals surface area contributed by atoms with Gasteiger partial charge in [0.05, 0.1) is 6.54 Å². The van der Waals surface area contributed by atoms with Crippen LogP contribution in [0.4, 0.5) is 13.2 Å². The van der Waals surface area contributed by atoms with Gasteiger partial charge >= 0.3 is 6.18 Å². The van der Waals surface area contributed by atoms with Crippen molar-refractivity contribution in [3.8, 4) is 0 Å². The highest BCUT2D eigenvalue weighted by atomic mass is 79.9. The van der Waals surface area contributed by atoms with E-state index in [2.05, 4.69) is 21.2 Å². The van der Waals surface area contributed by atoms with Crippen molar-refractivity contribution in [1.29, 1.82) is 0 Å². The summed E-state index contributed by atoms with van der Waals surface area (Å²) in [4.78, 5) is 11.2. The predicted molar refractivity (Wildman–Crippen MR) is 69.6 cm³/mol. The Bertz CT molecular complexity index is 437. The lowest BCUT2D eigenvalue weighted by Gasteiger charge is -2.16. The SMILES string of the molecule is C[C@@H](NCC(=O)NCC(F)(F)F)c1ccccc1Br. The summed E-state index contributed by atoms with van der Waals surface area (Å²) in [7, 11) is 0. The number of carbonyl (C=O) groups excluding carboxylic acids is 1. The highest BCUT2D eigenvalue weighted by molar-refractivity contribution is 9.10. The van der Waals surface area contributed by atoms with Gasteiger partial charge in [-0.3, -0.25) is 4.79 Å². The molecule has 1 atom stereocenters. The third-order valence-electron chi connectivity index (χ3n) is 2.43. The van der Waals surface area contributed by atoms with E-state index in [-0.39, 0.29) is 12.6 Å². The maximum absolute atomic E-state index is 11.9. The largest absolute Gasteiger partial charge is 0.405 e. The van der Waals surface area contributed by atoms with Gasteiger partial charge in [0.15, 0.2) is 0 Å². The Labute approximate surface area is 117 Å². The van der Waals surface area contributed by atoms with E-state index in [1.54, 1.807) is 5.32 Å². The molecule has 1 aromatic rings. The topological polar surface area (TPSA) is 41.1 Å². The number of amides is 1. The van der Waals surface area contributed by atoms with Crippen molar-refractivity contribution >= 4 is 21.8 Å². The third kappa shape index (κ3) is 6.07. The van der Waals surface area contributed by atoms with Crippen LogP contribution in [0.2, 0.25) is 0 Å². The van der Waals surface area contributed by atoms with Crippen molar-refractivity contribution in [3.63, 3.8) is 0 Å². The van der Waals surface area contributed by atoms with Gasteiger partial charge in [0.25, 0.3) is 0 Å². The Morgan fingerprint density at radius 2 is 2.00 bits per heavy atom. The Morgan fingerprint density at radius 1 is 1.37 bits per heavy atom. The standard InChI is InChI=1S/C12H14BrF3N2O/c1-8(9-4-2-3-5-10(9)13)17-6-11(19)18-7-12(14,15)16/h2-5,8,17H,6-7H2,1H3,(H,18,19)/t8-/m1/s1. The predicted octanol–water partition coefficient (Wildman–Crippen LogP) is 2.78. The molecule has 2 N–H and O–H groups in total. The zero-order valence-corrected chi connectivity index (χ0v) is 11.8. The van der Waals surface area contributed by atoms with Crippen molar-refractivity contribution in [2.75, 3.05) is 13.1 Å². The van der Waals surface area contributed by atoms with Gasteiger partial charge in [-0.2, -0.15) is 13.2 Å². The zero-order chi connectivity index (χ0) is 14.5. The fourth-order valence-corrected chi connectivity index (χ4v) is 2.07. The van der Waals surface area contributed by atoms with Gasteiger partial charge in [-0.05, 0) is 18.6 Å². The molecule has 106 valence electrons. The summed E-state index contributed by atoms with van der Waals surface area (Å²) in [6, 6.07) is 7.29. The van der Waals surface area contributed by atoms with Crippen LogP contribution in [0.1, 0.15) is 18.5 Å². The number of hydrogen-bond acceptors (Lipinski definition) is 2. The first-order valence-electron chi connectivity index (χ1n) is 5.61. The number of rotatable bonds is 5. The molecular formula is C12H14BrF3N2O. The molecule has 0 unspecified atom stereocenters. The molecule has 0 saturated heterocycles. The van der Waals surface area contributed by atoms with E-state index in [1.165, 1.54) is 0 Å². The van der Waals surface area contributed by atoms with E-state index in [1.807, 2.05) is 31.2 Å². The Balaban J connectivity index is 2.40. The van der Waals surface area contributed by atoms with Crippen LogP contribution in [0, 0.1) is 0 Å². The summed E-state index contributed by atoms with van der Waals surface area (Å²) >= 11 is 3.37. The van der Waals surface area contributed by atoms with Crippen LogP contribution in [0.3, 0.4) is 0 Å². The Hall–Kier alpha value is -1.08. The van der Waals surface area contributed by atoms with Gasteiger partial charge in [-0.1, -0.05) is 34.1 Å². The number of alkyl halides is 3. The Morgan fingerprint density at radius 3 is 2.58 bits per heavy atom. The van der Waals surface area contributed by atoms with Gasteiger partial charge in [0, 0.05) is 10.5 Å². The zero-order valence-electron chi connectivity index (χ0n) is 10.2. The van der Waals surface area contributed by atoms with Gasteiger partial charge in [-0.15, -0.1) is 0 Å². The molecule has 0 aliphatic rings. The molecular weight excluding hydrogens is 325 g/mol. The minimum Gasteiger partial charge on any atom is -0.346 e. The first kappa shape index (κ1) is 16.0. The first-order valence-corrected chi connectivity index (χ1v) is 6.40. The van der Waals surface area contributed by atoms with Crippen molar-refractivity contribution in [2.24, 2.45) is 0 Å². The molecule has 0 heterocycles. The van der Waals surface area contributed by atoms with E-state index in [4.69, 9.17) is 0 Å². The van der Waals surface area contributed by atoms with Crippen molar-refractivity contribution < 1.29 is 18.0 Å². The lowest BCUT2D eigenvalue weighted by atomic mass is 10.1. The minimum absolute atomic E-state index is 0.146. The summed E-state index contributed by atoms with van der Waals surface area (Å²) in [5.41, 5.74) is 0.936. The summed E-state index contributed by atoms with van der Waals surface area (Å²) in [5.74, 6) is -0.684. The van der Waals surface area contributed by atoms with Crippen LogP contribution in [0.5, 0.6) is 0 Å². The number of benzene rings is 1. The number of halogens is 4. The molecule has 1 amide bonds. The average molecular weight is 339 g/mol. The second-order valence-electron chi connectivity index (χ2n) is 4.02. The van der Waals surface area contributed by atoms with Crippen LogP contribution < -0.4 is 10.6 Å². The fraction of sp³-hybridized carbons (Fsp3) is 0.417. The van der Waals surface area contributed by atoms with Crippen LogP contribution in [-0.4, -0.2) is 25.2 Å². The van der Waals surface area contributed by atoms with Gasteiger partial charge < -0.3 is 10.6 Å². The van der Waals surface area contributed by atoms with Crippen LogP contribution >= 0.6 is 15.9 Å². The van der Waals surface area contributed by atoms with Crippen molar-refractivity contribution in [1.82, 2.24) is 10.6 Å². The van der Waals surface area contributed by atoms with Crippen LogP contribution in [0.25, 0.3) is 0 Å². The minimum atomic E-state index is -4.39. The first-order chi connectivity index (χ1) is 8.79. The Kier molecular flexibility index (Phi) is 5.81. The van der Waals surface area contributed by atoms with Gasteiger partial charge in [0.1, 0.15) is 6.54 Å². The fourth-order valence-electron chi connectivity index (χ4n) is 1.44. The molecule has 0 aliphatic carbocycles. The van der Waals surface area contributed by atoms with E-state index in [0.29, 0.717) is 0 Å². The normalized spacial score (nSPS) is 13.1. The molecule has 1 rings (SSSR count). The molecule has 19 heavy (non-hydrogen) atoms.